The molecule has 0 spiro atoms. The van der Waals surface area contributed by atoms with Gasteiger partial charge in [0.1, 0.15) is 0 Å². The molecular formula is C19H17NO2. The molecule has 2 amide bonds. The molecule has 1 aliphatic heterocycles. The summed E-state index contributed by atoms with van der Waals surface area (Å²) in [6.45, 7) is 0.464. The Kier molecular flexibility index (Phi) is 4.15. The van der Waals surface area contributed by atoms with E-state index in [0.717, 1.165) is 18.4 Å². The Hall–Kier alpha value is -2.68. The van der Waals surface area contributed by atoms with Crippen molar-refractivity contribution >= 4 is 17.9 Å². The Morgan fingerprint density at radius 3 is 2.05 bits per heavy atom. The molecule has 0 atom stereocenters. The highest BCUT2D eigenvalue weighted by Crippen LogP contribution is 2.22. The van der Waals surface area contributed by atoms with Gasteiger partial charge in [0.05, 0.1) is 11.1 Å². The van der Waals surface area contributed by atoms with E-state index in [1.54, 1.807) is 24.3 Å². The minimum atomic E-state index is -0.173. The largest absolute Gasteiger partial charge is 0.274 e. The van der Waals surface area contributed by atoms with Crippen LogP contribution in [0.5, 0.6) is 0 Å². The summed E-state index contributed by atoms with van der Waals surface area (Å²) in [7, 11) is 0. The monoisotopic (exact) mass is 291 g/mol. The van der Waals surface area contributed by atoms with Crippen LogP contribution in [0.3, 0.4) is 0 Å². The Morgan fingerprint density at radius 1 is 0.818 bits per heavy atom. The fraction of sp³-hybridized carbons (Fsp3) is 0.158. The molecule has 0 saturated carbocycles. The van der Waals surface area contributed by atoms with Gasteiger partial charge in [-0.1, -0.05) is 54.6 Å². The first kappa shape index (κ1) is 14.3. The van der Waals surface area contributed by atoms with Crippen LogP contribution in [-0.2, 0) is 0 Å². The van der Waals surface area contributed by atoms with E-state index in [2.05, 4.69) is 12.2 Å². The summed E-state index contributed by atoms with van der Waals surface area (Å²) in [6.07, 6.45) is 5.74. The highest BCUT2D eigenvalue weighted by atomic mass is 16.2. The van der Waals surface area contributed by atoms with E-state index in [9.17, 15) is 9.59 Å². The van der Waals surface area contributed by atoms with E-state index >= 15 is 0 Å². The summed E-state index contributed by atoms with van der Waals surface area (Å²) in [4.78, 5) is 25.7. The van der Waals surface area contributed by atoms with Crippen LogP contribution < -0.4 is 0 Å². The van der Waals surface area contributed by atoms with Crippen LogP contribution in [0.2, 0.25) is 0 Å². The number of nitrogens with zero attached hydrogens (tertiary/aromatic N) is 1. The Labute approximate surface area is 129 Å². The normalized spacial score (nSPS) is 13.9. The van der Waals surface area contributed by atoms with Crippen LogP contribution >= 0.6 is 0 Å². The maximum atomic E-state index is 12.2. The summed E-state index contributed by atoms with van der Waals surface area (Å²) < 4.78 is 0. The first-order valence-corrected chi connectivity index (χ1v) is 7.44. The number of unbranched alkanes of at least 4 members (excludes halogenated alkanes) is 1. The highest BCUT2D eigenvalue weighted by molar-refractivity contribution is 6.21. The van der Waals surface area contributed by atoms with Gasteiger partial charge in [-0.05, 0) is 30.5 Å². The first-order valence-electron chi connectivity index (χ1n) is 7.44. The zero-order valence-electron chi connectivity index (χ0n) is 12.2. The third kappa shape index (κ3) is 2.84. The van der Waals surface area contributed by atoms with Crippen molar-refractivity contribution < 1.29 is 9.59 Å². The number of carbonyl (C=O) groups is 2. The standard InChI is InChI=1S/C19H17NO2/c21-18-16-12-6-7-13-17(16)19(22)20(18)14-8-2-5-11-15-9-3-1-4-10-15/h1,3-7,9-13H,2,8,14H2/b11-5+. The fourth-order valence-electron chi connectivity index (χ4n) is 2.59. The van der Waals surface area contributed by atoms with Crippen molar-refractivity contribution in [2.45, 2.75) is 12.8 Å². The Balaban J connectivity index is 1.54. The van der Waals surface area contributed by atoms with Gasteiger partial charge in [0, 0.05) is 6.54 Å². The average Bonchev–Trinajstić information content (AvgIpc) is 2.81. The molecule has 2 aromatic carbocycles. The Bertz CT molecular complexity index is 684. The minimum Gasteiger partial charge on any atom is -0.274 e. The van der Waals surface area contributed by atoms with Crippen molar-refractivity contribution in [2.75, 3.05) is 6.54 Å². The summed E-state index contributed by atoms with van der Waals surface area (Å²) >= 11 is 0. The highest BCUT2D eigenvalue weighted by Gasteiger charge is 2.34. The van der Waals surface area contributed by atoms with Gasteiger partial charge in [-0.25, -0.2) is 0 Å². The van der Waals surface area contributed by atoms with Crippen LogP contribution in [0.4, 0.5) is 0 Å². The van der Waals surface area contributed by atoms with Crippen LogP contribution in [-0.4, -0.2) is 23.3 Å². The molecule has 0 N–H and O–H groups in total. The molecular weight excluding hydrogens is 274 g/mol. The molecule has 1 heterocycles. The lowest BCUT2D eigenvalue weighted by Crippen LogP contribution is -2.30. The van der Waals surface area contributed by atoms with E-state index in [0.29, 0.717) is 17.7 Å². The third-order valence-electron chi connectivity index (χ3n) is 3.74. The van der Waals surface area contributed by atoms with Crippen LogP contribution in [0.1, 0.15) is 39.1 Å². The van der Waals surface area contributed by atoms with Crippen molar-refractivity contribution in [3.8, 4) is 0 Å². The summed E-state index contributed by atoms with van der Waals surface area (Å²) in [6, 6.07) is 17.1. The number of amides is 2. The SMILES string of the molecule is O=C1c2ccccc2C(=O)N1CCC/C=C/c1ccccc1. The number of allylic oxidation sites excluding steroid dienone is 1. The zero-order valence-corrected chi connectivity index (χ0v) is 12.2. The number of carbonyl (C=O) groups excluding carboxylic acids is 2. The van der Waals surface area contributed by atoms with Gasteiger partial charge in [-0.15, -0.1) is 0 Å². The third-order valence-corrected chi connectivity index (χ3v) is 3.74. The second kappa shape index (κ2) is 6.39. The van der Waals surface area contributed by atoms with Crippen molar-refractivity contribution in [2.24, 2.45) is 0 Å². The lowest BCUT2D eigenvalue weighted by atomic mass is 10.1. The molecule has 22 heavy (non-hydrogen) atoms. The molecule has 2 aromatic rings. The summed E-state index contributed by atoms with van der Waals surface area (Å²) in [5, 5.41) is 0. The number of fused-ring (bicyclic) bond motifs is 1. The fourth-order valence-corrected chi connectivity index (χ4v) is 2.59. The van der Waals surface area contributed by atoms with E-state index < -0.39 is 0 Å². The zero-order chi connectivity index (χ0) is 15.4. The van der Waals surface area contributed by atoms with Crippen molar-refractivity contribution in [3.63, 3.8) is 0 Å². The molecule has 0 fully saturated rings. The van der Waals surface area contributed by atoms with Gasteiger partial charge < -0.3 is 0 Å². The van der Waals surface area contributed by atoms with Crippen LogP contribution in [0, 0.1) is 0 Å². The van der Waals surface area contributed by atoms with Crippen LogP contribution in [0.15, 0.2) is 60.7 Å². The van der Waals surface area contributed by atoms with Gasteiger partial charge >= 0.3 is 0 Å². The molecule has 0 unspecified atom stereocenters. The van der Waals surface area contributed by atoms with Crippen molar-refractivity contribution in [3.05, 3.63) is 77.4 Å². The molecule has 3 nitrogen and oxygen atoms in total. The molecule has 0 radical (unpaired) electrons. The van der Waals surface area contributed by atoms with Crippen LogP contribution in [0.25, 0.3) is 6.08 Å². The molecule has 0 aliphatic carbocycles. The molecule has 0 aromatic heterocycles. The maximum absolute atomic E-state index is 12.2. The predicted molar refractivity (Wildman–Crippen MR) is 86.5 cm³/mol. The van der Waals surface area contributed by atoms with Crippen molar-refractivity contribution in [1.82, 2.24) is 4.90 Å². The molecule has 1 aliphatic rings. The second-order valence-electron chi connectivity index (χ2n) is 5.26. The van der Waals surface area contributed by atoms with Gasteiger partial charge in [-0.2, -0.15) is 0 Å². The van der Waals surface area contributed by atoms with Gasteiger partial charge in [0.25, 0.3) is 11.8 Å². The lowest BCUT2D eigenvalue weighted by Gasteiger charge is -2.12. The van der Waals surface area contributed by atoms with Gasteiger partial charge in [0.2, 0.25) is 0 Å². The quantitative estimate of drug-likeness (QED) is 0.621. The molecule has 0 bridgehead atoms. The average molecular weight is 291 g/mol. The number of hydrogen-bond donors (Lipinski definition) is 0. The summed E-state index contributed by atoms with van der Waals surface area (Å²) in [5.41, 5.74) is 2.20. The number of hydrogen-bond acceptors (Lipinski definition) is 2. The first-order chi connectivity index (χ1) is 10.8. The molecule has 3 heteroatoms. The lowest BCUT2D eigenvalue weighted by molar-refractivity contribution is 0.0653. The van der Waals surface area contributed by atoms with Gasteiger partial charge in [-0.3, -0.25) is 14.5 Å². The molecule has 110 valence electrons. The number of rotatable bonds is 5. The van der Waals surface area contributed by atoms with E-state index in [-0.39, 0.29) is 11.8 Å². The Morgan fingerprint density at radius 2 is 1.41 bits per heavy atom. The second-order valence-corrected chi connectivity index (χ2v) is 5.26. The number of benzene rings is 2. The van der Waals surface area contributed by atoms with E-state index in [4.69, 9.17) is 0 Å². The topological polar surface area (TPSA) is 37.4 Å². The van der Waals surface area contributed by atoms with Crippen molar-refractivity contribution in [1.29, 1.82) is 0 Å². The van der Waals surface area contributed by atoms with E-state index in [1.807, 2.05) is 30.3 Å². The number of imide groups is 1. The maximum Gasteiger partial charge on any atom is 0.261 e. The smallest absolute Gasteiger partial charge is 0.261 e. The minimum absolute atomic E-state index is 0.173. The van der Waals surface area contributed by atoms with E-state index in [1.165, 1.54) is 4.90 Å². The predicted octanol–water partition coefficient (Wildman–Crippen LogP) is 3.78. The van der Waals surface area contributed by atoms with Gasteiger partial charge in [0.15, 0.2) is 0 Å². The molecule has 0 saturated heterocycles. The molecule has 3 rings (SSSR count). The summed E-state index contributed by atoms with van der Waals surface area (Å²) in [5.74, 6) is -0.347.